The maximum absolute atomic E-state index is 10.7. The summed E-state index contributed by atoms with van der Waals surface area (Å²) in [7, 11) is 3.65. The van der Waals surface area contributed by atoms with Crippen LogP contribution in [0.15, 0.2) is 24.3 Å². The van der Waals surface area contributed by atoms with Crippen LogP contribution in [0.2, 0.25) is 0 Å². The van der Waals surface area contributed by atoms with Gasteiger partial charge in [-0.15, -0.1) is 0 Å². The highest BCUT2D eigenvalue weighted by molar-refractivity contribution is 5.86. The zero-order chi connectivity index (χ0) is 13.3. The maximum Gasteiger partial charge on any atom is 0.334 e. The average molecular weight is 229 g/mol. The van der Waals surface area contributed by atoms with E-state index in [-0.39, 0.29) is 11.5 Å². The second kappa shape index (κ2) is 8.67. The van der Waals surface area contributed by atoms with Crippen molar-refractivity contribution < 1.29 is 19.4 Å². The standard InChI is InChI=1S/C7H13NO2.C4H6O2/c1-6(2)7(9)10-5-8(3)4;1-3(2)4(5)6/h1,5H2,2-4H3;1H2,2H3,(H,5,6). The summed E-state index contributed by atoms with van der Waals surface area (Å²) in [5, 5.41) is 7.89. The first-order valence-corrected chi connectivity index (χ1v) is 4.54. The van der Waals surface area contributed by atoms with Crippen LogP contribution < -0.4 is 0 Å². The monoisotopic (exact) mass is 229 g/mol. The number of carboxylic acid groups (broad SMARTS) is 1. The molecule has 5 nitrogen and oxygen atoms in total. The van der Waals surface area contributed by atoms with Crippen molar-refractivity contribution in [1.29, 1.82) is 0 Å². The van der Waals surface area contributed by atoms with E-state index < -0.39 is 5.97 Å². The topological polar surface area (TPSA) is 66.8 Å². The van der Waals surface area contributed by atoms with E-state index in [2.05, 4.69) is 13.2 Å². The van der Waals surface area contributed by atoms with Crippen LogP contribution in [-0.2, 0) is 14.3 Å². The Morgan fingerprint density at radius 2 is 1.56 bits per heavy atom. The van der Waals surface area contributed by atoms with Crippen LogP contribution in [0.5, 0.6) is 0 Å². The van der Waals surface area contributed by atoms with Crippen molar-refractivity contribution in [3.8, 4) is 0 Å². The summed E-state index contributed by atoms with van der Waals surface area (Å²) < 4.78 is 4.75. The lowest BCUT2D eigenvalue weighted by Gasteiger charge is -2.09. The Kier molecular flexibility index (Phi) is 9.10. The number of hydrogen-bond acceptors (Lipinski definition) is 4. The fourth-order valence-electron chi connectivity index (χ4n) is 0.311. The molecule has 0 fully saturated rings. The lowest BCUT2D eigenvalue weighted by atomic mass is 10.4. The lowest BCUT2D eigenvalue weighted by molar-refractivity contribution is -0.142. The SMILES string of the molecule is C=C(C)C(=O)O.C=C(C)C(=O)OCN(C)C. The molecule has 0 spiro atoms. The Labute approximate surface area is 96.0 Å². The fraction of sp³-hybridized carbons (Fsp3) is 0.455. The molecule has 0 rings (SSSR count). The van der Waals surface area contributed by atoms with Crippen molar-refractivity contribution in [2.24, 2.45) is 0 Å². The summed E-state index contributed by atoms with van der Waals surface area (Å²) in [4.78, 5) is 22.1. The van der Waals surface area contributed by atoms with Gasteiger partial charge in [0.15, 0.2) is 0 Å². The minimum absolute atomic E-state index is 0.176. The first kappa shape index (κ1) is 16.8. The van der Waals surface area contributed by atoms with E-state index in [1.807, 2.05) is 14.1 Å². The molecule has 5 heteroatoms. The van der Waals surface area contributed by atoms with E-state index in [9.17, 15) is 9.59 Å². The molecule has 16 heavy (non-hydrogen) atoms. The average Bonchev–Trinajstić information content (AvgIpc) is 2.14. The summed E-state index contributed by atoms with van der Waals surface area (Å²) in [5.41, 5.74) is 0.608. The molecule has 0 aliphatic carbocycles. The van der Waals surface area contributed by atoms with Crippen LogP contribution in [0.1, 0.15) is 13.8 Å². The molecule has 0 heterocycles. The number of ether oxygens (including phenoxy) is 1. The van der Waals surface area contributed by atoms with E-state index in [0.29, 0.717) is 12.3 Å². The highest BCUT2D eigenvalue weighted by atomic mass is 16.5. The molecule has 0 radical (unpaired) electrons. The number of esters is 1. The van der Waals surface area contributed by atoms with Gasteiger partial charge in [-0.2, -0.15) is 0 Å². The molecule has 0 amide bonds. The zero-order valence-corrected chi connectivity index (χ0v) is 10.2. The molecule has 1 N–H and O–H groups in total. The van der Waals surface area contributed by atoms with Gasteiger partial charge in [0.1, 0.15) is 6.73 Å². The number of carbonyl (C=O) groups excluding carboxylic acids is 1. The Hall–Kier alpha value is -1.62. The van der Waals surface area contributed by atoms with Gasteiger partial charge in [-0.3, -0.25) is 4.90 Å². The van der Waals surface area contributed by atoms with Crippen molar-refractivity contribution in [1.82, 2.24) is 4.90 Å². The Bertz CT molecular complexity index is 270. The van der Waals surface area contributed by atoms with Crippen molar-refractivity contribution in [2.45, 2.75) is 13.8 Å². The van der Waals surface area contributed by atoms with Gasteiger partial charge in [-0.1, -0.05) is 13.2 Å². The number of carboxylic acids is 1. The predicted molar refractivity (Wildman–Crippen MR) is 61.9 cm³/mol. The normalized spacial score (nSPS) is 8.81. The third kappa shape index (κ3) is 12.4. The predicted octanol–water partition coefficient (Wildman–Crippen LogP) is 1.27. The molecular weight excluding hydrogens is 210 g/mol. The summed E-state index contributed by atoms with van der Waals surface area (Å²) in [6.07, 6.45) is 0. The Morgan fingerprint density at radius 1 is 1.19 bits per heavy atom. The molecule has 0 aromatic carbocycles. The largest absolute Gasteiger partial charge is 0.478 e. The van der Waals surface area contributed by atoms with Gasteiger partial charge in [-0.25, -0.2) is 9.59 Å². The smallest absolute Gasteiger partial charge is 0.334 e. The van der Waals surface area contributed by atoms with Gasteiger partial charge in [0.05, 0.1) is 0 Å². The molecule has 0 unspecified atom stereocenters. The molecule has 0 atom stereocenters. The Morgan fingerprint density at radius 3 is 1.75 bits per heavy atom. The van der Waals surface area contributed by atoms with Gasteiger partial charge in [0, 0.05) is 11.1 Å². The molecule has 0 aliphatic rings. The molecule has 92 valence electrons. The number of hydrogen-bond donors (Lipinski definition) is 1. The highest BCUT2D eigenvalue weighted by Gasteiger charge is 2.01. The van der Waals surface area contributed by atoms with Crippen LogP contribution in [-0.4, -0.2) is 42.8 Å². The van der Waals surface area contributed by atoms with E-state index >= 15 is 0 Å². The van der Waals surface area contributed by atoms with Crippen LogP contribution in [0.4, 0.5) is 0 Å². The van der Waals surface area contributed by atoms with Crippen LogP contribution in [0.25, 0.3) is 0 Å². The lowest BCUT2D eigenvalue weighted by Crippen LogP contribution is -2.19. The second-order valence-electron chi connectivity index (χ2n) is 3.51. The first-order chi connectivity index (χ1) is 7.18. The molecular formula is C11H19NO4. The van der Waals surface area contributed by atoms with Gasteiger partial charge < -0.3 is 9.84 Å². The third-order valence-corrected chi connectivity index (χ3v) is 1.17. The fourth-order valence-corrected chi connectivity index (χ4v) is 0.311. The van der Waals surface area contributed by atoms with Gasteiger partial charge in [0.25, 0.3) is 0 Å². The van der Waals surface area contributed by atoms with Gasteiger partial charge in [0.2, 0.25) is 0 Å². The van der Waals surface area contributed by atoms with Crippen LogP contribution in [0, 0.1) is 0 Å². The van der Waals surface area contributed by atoms with Gasteiger partial charge >= 0.3 is 11.9 Å². The molecule has 0 saturated heterocycles. The van der Waals surface area contributed by atoms with E-state index in [4.69, 9.17) is 9.84 Å². The van der Waals surface area contributed by atoms with Crippen molar-refractivity contribution in [2.75, 3.05) is 20.8 Å². The second-order valence-corrected chi connectivity index (χ2v) is 3.51. The minimum atomic E-state index is -0.935. The van der Waals surface area contributed by atoms with E-state index in [1.165, 1.54) is 6.92 Å². The van der Waals surface area contributed by atoms with Crippen molar-refractivity contribution >= 4 is 11.9 Å². The quantitative estimate of drug-likeness (QED) is 0.447. The van der Waals surface area contributed by atoms with E-state index in [1.54, 1.807) is 11.8 Å². The van der Waals surface area contributed by atoms with E-state index in [0.717, 1.165) is 0 Å². The summed E-state index contributed by atoms with van der Waals surface area (Å²) in [6, 6.07) is 0. The zero-order valence-electron chi connectivity index (χ0n) is 10.2. The molecule has 0 bridgehead atoms. The molecule has 0 aromatic rings. The van der Waals surface area contributed by atoms with Crippen LogP contribution in [0.3, 0.4) is 0 Å². The summed E-state index contributed by atoms with van der Waals surface area (Å²) in [5.74, 6) is -1.27. The molecule has 0 aromatic heterocycles. The third-order valence-electron chi connectivity index (χ3n) is 1.17. The van der Waals surface area contributed by atoms with Crippen molar-refractivity contribution in [3.63, 3.8) is 0 Å². The molecule has 0 aliphatic heterocycles. The summed E-state index contributed by atoms with van der Waals surface area (Å²) >= 11 is 0. The minimum Gasteiger partial charge on any atom is -0.478 e. The highest BCUT2D eigenvalue weighted by Crippen LogP contribution is 1.91. The van der Waals surface area contributed by atoms with Crippen molar-refractivity contribution in [3.05, 3.63) is 24.3 Å². The van der Waals surface area contributed by atoms with Crippen LogP contribution >= 0.6 is 0 Å². The number of aliphatic carboxylic acids is 1. The number of carbonyl (C=O) groups is 2. The first-order valence-electron chi connectivity index (χ1n) is 4.54. The Balaban J connectivity index is 0. The van der Waals surface area contributed by atoms with Gasteiger partial charge in [-0.05, 0) is 27.9 Å². The summed E-state index contributed by atoms with van der Waals surface area (Å²) in [6.45, 7) is 9.98. The number of nitrogens with zero attached hydrogens (tertiary/aromatic N) is 1. The number of rotatable bonds is 4. The maximum atomic E-state index is 10.7. The molecule has 0 saturated carbocycles.